The van der Waals surface area contributed by atoms with Crippen molar-refractivity contribution < 1.29 is 14.3 Å². The lowest BCUT2D eigenvalue weighted by molar-refractivity contribution is -0.117. The highest BCUT2D eigenvalue weighted by atomic mass is 32.1. The summed E-state index contributed by atoms with van der Waals surface area (Å²) in [5, 5.41) is 8.17. The molecule has 0 radical (unpaired) electrons. The summed E-state index contributed by atoms with van der Waals surface area (Å²) in [7, 11) is 1.61. The van der Waals surface area contributed by atoms with E-state index in [1.807, 2.05) is 54.8 Å². The van der Waals surface area contributed by atoms with Gasteiger partial charge in [-0.3, -0.25) is 9.59 Å². The van der Waals surface area contributed by atoms with Crippen LogP contribution in [-0.4, -0.2) is 23.9 Å². The van der Waals surface area contributed by atoms with Crippen LogP contribution in [0.3, 0.4) is 0 Å². The van der Waals surface area contributed by atoms with Crippen LogP contribution < -0.4 is 15.4 Å². The summed E-state index contributed by atoms with van der Waals surface area (Å²) in [4.78, 5) is 28.6. The van der Waals surface area contributed by atoms with E-state index >= 15 is 0 Å². The number of nitrogens with one attached hydrogen (secondary N) is 2. The number of carbonyl (C=O) groups excluding carboxylic acids is 2. The van der Waals surface area contributed by atoms with Crippen LogP contribution in [0, 0.1) is 0 Å². The summed E-state index contributed by atoms with van der Waals surface area (Å²) in [5.74, 6) is 0.479. The Morgan fingerprint density at radius 1 is 1.25 bits per heavy atom. The molecule has 0 bridgehead atoms. The smallest absolute Gasteiger partial charge is 0.231 e. The van der Waals surface area contributed by atoms with Crippen LogP contribution >= 0.6 is 11.3 Å². The molecule has 2 aromatic carbocycles. The van der Waals surface area contributed by atoms with Gasteiger partial charge in [-0.1, -0.05) is 18.2 Å². The van der Waals surface area contributed by atoms with Gasteiger partial charge in [-0.05, 0) is 42.3 Å². The summed E-state index contributed by atoms with van der Waals surface area (Å²) in [6, 6.07) is 13.2. The first-order valence-electron chi connectivity index (χ1n) is 8.87. The fourth-order valence-electron chi connectivity index (χ4n) is 3.13. The van der Waals surface area contributed by atoms with Crippen molar-refractivity contribution in [2.45, 2.75) is 19.3 Å². The molecule has 1 aliphatic rings. The minimum absolute atomic E-state index is 0.0110. The number of carbonyl (C=O) groups is 2. The number of methoxy groups -OCH3 is 1. The van der Waals surface area contributed by atoms with E-state index in [9.17, 15) is 9.59 Å². The molecule has 0 unspecified atom stereocenters. The van der Waals surface area contributed by atoms with E-state index in [1.54, 1.807) is 7.11 Å². The highest BCUT2D eigenvalue weighted by molar-refractivity contribution is 7.14. The molecule has 2 amide bonds. The van der Waals surface area contributed by atoms with Gasteiger partial charge in [-0.25, -0.2) is 4.98 Å². The number of benzene rings is 2. The van der Waals surface area contributed by atoms with E-state index in [2.05, 4.69) is 15.6 Å². The Hall–Kier alpha value is -3.19. The number of aromatic nitrogens is 1. The normalized spacial score (nSPS) is 15.1. The number of amides is 2. The molecule has 4 rings (SSSR count). The molecule has 1 aliphatic heterocycles. The lowest BCUT2D eigenvalue weighted by Crippen LogP contribution is -2.14. The molecule has 2 heterocycles. The number of hydrogen-bond acceptors (Lipinski definition) is 5. The van der Waals surface area contributed by atoms with Gasteiger partial charge >= 0.3 is 0 Å². The van der Waals surface area contributed by atoms with Crippen LogP contribution in [0.15, 0.2) is 47.8 Å². The Morgan fingerprint density at radius 2 is 2.04 bits per heavy atom. The third kappa shape index (κ3) is 3.61. The van der Waals surface area contributed by atoms with Crippen molar-refractivity contribution in [3.8, 4) is 17.0 Å². The zero-order valence-electron chi connectivity index (χ0n) is 15.5. The van der Waals surface area contributed by atoms with Crippen molar-refractivity contribution in [1.29, 1.82) is 0 Å². The molecule has 0 spiro atoms. The fourth-order valence-corrected chi connectivity index (χ4v) is 3.87. The summed E-state index contributed by atoms with van der Waals surface area (Å²) < 4.78 is 5.12. The highest BCUT2D eigenvalue weighted by Crippen LogP contribution is 2.36. The van der Waals surface area contributed by atoms with E-state index in [0.29, 0.717) is 5.13 Å². The average molecular weight is 393 g/mol. The fraction of sp³-hybridized carbons (Fsp3) is 0.190. The third-order valence-corrected chi connectivity index (χ3v) is 5.50. The molecular weight excluding hydrogens is 374 g/mol. The van der Waals surface area contributed by atoms with E-state index in [-0.39, 0.29) is 24.2 Å². The molecule has 142 valence electrons. The summed E-state index contributed by atoms with van der Waals surface area (Å²) in [5.41, 5.74) is 4.43. The second-order valence-electron chi connectivity index (χ2n) is 6.62. The number of ether oxygens (including phenoxy) is 1. The van der Waals surface area contributed by atoms with Crippen LogP contribution in [0.2, 0.25) is 0 Å². The first-order valence-corrected chi connectivity index (χ1v) is 9.75. The molecule has 0 aliphatic carbocycles. The maximum Gasteiger partial charge on any atom is 0.231 e. The minimum atomic E-state index is -0.169. The van der Waals surface area contributed by atoms with Gasteiger partial charge in [0.15, 0.2) is 5.13 Å². The number of rotatable bonds is 5. The second kappa shape index (κ2) is 7.44. The standard InChI is InChI=1S/C21H19N3O3S/c1-12-16-10-14(5-8-17(16)22-20(12)26)18-11-28-21(23-18)24-19(25)9-13-3-6-15(27-2)7-4-13/h3-8,10-12H,9H2,1-2H3,(H,22,26)(H,23,24,25)/t12-/m1/s1. The minimum Gasteiger partial charge on any atom is -0.497 e. The van der Waals surface area contributed by atoms with E-state index in [4.69, 9.17) is 4.74 Å². The van der Waals surface area contributed by atoms with Crippen molar-refractivity contribution >= 4 is 34.0 Å². The monoisotopic (exact) mass is 393 g/mol. The van der Waals surface area contributed by atoms with Crippen molar-refractivity contribution in [2.24, 2.45) is 0 Å². The zero-order valence-corrected chi connectivity index (χ0v) is 16.3. The van der Waals surface area contributed by atoms with Crippen LogP contribution in [0.25, 0.3) is 11.3 Å². The molecule has 3 aromatic rings. The Bertz CT molecular complexity index is 1040. The van der Waals surface area contributed by atoms with E-state index < -0.39 is 0 Å². The highest BCUT2D eigenvalue weighted by Gasteiger charge is 2.26. The largest absolute Gasteiger partial charge is 0.497 e. The molecule has 6 nitrogen and oxygen atoms in total. The predicted octanol–water partition coefficient (Wildman–Crippen LogP) is 4.06. The molecule has 0 saturated carbocycles. The van der Waals surface area contributed by atoms with Gasteiger partial charge in [0.25, 0.3) is 0 Å². The molecule has 1 atom stereocenters. The van der Waals surface area contributed by atoms with Crippen molar-refractivity contribution in [2.75, 3.05) is 17.7 Å². The topological polar surface area (TPSA) is 80.3 Å². The number of fused-ring (bicyclic) bond motifs is 1. The summed E-state index contributed by atoms with van der Waals surface area (Å²) >= 11 is 1.38. The molecule has 7 heteroatoms. The van der Waals surface area contributed by atoms with Gasteiger partial charge in [-0.2, -0.15) is 0 Å². The van der Waals surface area contributed by atoms with Crippen molar-refractivity contribution in [1.82, 2.24) is 4.98 Å². The lowest BCUT2D eigenvalue weighted by atomic mass is 10.00. The number of anilines is 2. The SMILES string of the molecule is COc1ccc(CC(=O)Nc2nc(-c3ccc4c(c3)[C@@H](C)C(=O)N4)cs2)cc1. The molecule has 2 N–H and O–H groups in total. The van der Waals surface area contributed by atoms with Gasteiger partial charge in [0.2, 0.25) is 11.8 Å². The lowest BCUT2D eigenvalue weighted by Gasteiger charge is -2.05. The number of nitrogens with zero attached hydrogens (tertiary/aromatic N) is 1. The summed E-state index contributed by atoms with van der Waals surface area (Å²) in [6.45, 7) is 1.89. The van der Waals surface area contributed by atoms with Gasteiger partial charge in [-0.15, -0.1) is 11.3 Å². The Labute approximate surface area is 166 Å². The molecule has 28 heavy (non-hydrogen) atoms. The average Bonchev–Trinajstić information content (AvgIpc) is 3.27. The molecule has 0 fully saturated rings. The molecule has 0 saturated heterocycles. The predicted molar refractivity (Wildman–Crippen MR) is 110 cm³/mol. The number of thiazole rings is 1. The van der Waals surface area contributed by atoms with Gasteiger partial charge in [0, 0.05) is 16.6 Å². The Balaban J connectivity index is 1.44. The maximum absolute atomic E-state index is 12.3. The zero-order chi connectivity index (χ0) is 19.7. The van der Waals surface area contributed by atoms with E-state index in [0.717, 1.165) is 33.8 Å². The van der Waals surface area contributed by atoms with Gasteiger partial charge < -0.3 is 15.4 Å². The quantitative estimate of drug-likeness (QED) is 0.685. The second-order valence-corrected chi connectivity index (χ2v) is 7.48. The first-order chi connectivity index (χ1) is 13.5. The Kier molecular flexibility index (Phi) is 4.83. The van der Waals surface area contributed by atoms with Crippen molar-refractivity contribution in [3.63, 3.8) is 0 Å². The molecule has 1 aromatic heterocycles. The van der Waals surface area contributed by atoms with Crippen LogP contribution in [0.5, 0.6) is 5.75 Å². The first kappa shape index (κ1) is 18.2. The Morgan fingerprint density at radius 3 is 2.79 bits per heavy atom. The maximum atomic E-state index is 12.3. The van der Waals surface area contributed by atoms with Crippen LogP contribution in [0.4, 0.5) is 10.8 Å². The number of hydrogen-bond donors (Lipinski definition) is 2. The van der Waals surface area contributed by atoms with Gasteiger partial charge in [0.1, 0.15) is 5.75 Å². The van der Waals surface area contributed by atoms with Gasteiger partial charge in [0.05, 0.1) is 25.1 Å². The molecular formula is C21H19N3O3S. The van der Waals surface area contributed by atoms with Crippen LogP contribution in [-0.2, 0) is 16.0 Å². The van der Waals surface area contributed by atoms with Crippen LogP contribution in [0.1, 0.15) is 24.0 Å². The van der Waals surface area contributed by atoms with E-state index in [1.165, 1.54) is 11.3 Å². The van der Waals surface area contributed by atoms with Crippen molar-refractivity contribution in [3.05, 3.63) is 59.0 Å². The summed E-state index contributed by atoms with van der Waals surface area (Å²) in [6.07, 6.45) is 0.267. The third-order valence-electron chi connectivity index (χ3n) is 4.74.